The number of fused-ring (bicyclic) bond motifs is 1. The Balaban J connectivity index is 2.51. The average molecular weight is 214 g/mol. The first-order chi connectivity index (χ1) is 6.80. The number of ether oxygens (including phenoxy) is 2. The maximum Gasteiger partial charge on any atom is 0.586 e. The van der Waals surface area contributed by atoms with E-state index in [1.807, 2.05) is 20.8 Å². The Hall–Kier alpha value is -1.32. The van der Waals surface area contributed by atoms with Crippen molar-refractivity contribution in [2.45, 2.75) is 32.5 Å². The summed E-state index contributed by atoms with van der Waals surface area (Å²) in [6, 6.07) is 4.93. The maximum absolute atomic E-state index is 12.9. The van der Waals surface area contributed by atoms with E-state index in [2.05, 4.69) is 9.47 Å². The van der Waals surface area contributed by atoms with Crippen LogP contribution in [0, 0.1) is 0 Å². The second-order valence-electron chi connectivity index (χ2n) is 4.55. The van der Waals surface area contributed by atoms with Gasteiger partial charge in [-0.3, -0.25) is 0 Å². The Morgan fingerprint density at radius 1 is 1.13 bits per heavy atom. The first-order valence-corrected chi connectivity index (χ1v) is 4.69. The SMILES string of the molecule is CC(C)(C)c1cccc2c1OC(F)(F)O2. The number of hydrogen-bond donors (Lipinski definition) is 0. The molecule has 0 saturated heterocycles. The Morgan fingerprint density at radius 2 is 1.80 bits per heavy atom. The standard InChI is InChI=1S/C11H12F2O2/c1-10(2,3)7-5-4-6-8-9(7)15-11(12,13)14-8/h4-6H,1-3H3. The van der Waals surface area contributed by atoms with Crippen molar-refractivity contribution in [3.8, 4) is 11.5 Å². The van der Waals surface area contributed by atoms with Crippen LogP contribution in [0.4, 0.5) is 8.78 Å². The van der Waals surface area contributed by atoms with Crippen molar-refractivity contribution in [1.29, 1.82) is 0 Å². The highest BCUT2D eigenvalue weighted by atomic mass is 19.3. The monoisotopic (exact) mass is 214 g/mol. The molecule has 2 rings (SSSR count). The van der Waals surface area contributed by atoms with E-state index in [-0.39, 0.29) is 16.9 Å². The molecular formula is C11H12F2O2. The summed E-state index contributed by atoms with van der Waals surface area (Å²) >= 11 is 0. The van der Waals surface area contributed by atoms with Gasteiger partial charge in [0.1, 0.15) is 0 Å². The predicted octanol–water partition coefficient (Wildman–Crippen LogP) is 3.31. The quantitative estimate of drug-likeness (QED) is 0.659. The third-order valence-electron chi connectivity index (χ3n) is 2.24. The Bertz CT molecular complexity index is 394. The van der Waals surface area contributed by atoms with Gasteiger partial charge in [-0.05, 0) is 11.5 Å². The minimum atomic E-state index is -3.54. The topological polar surface area (TPSA) is 18.5 Å². The van der Waals surface area contributed by atoms with Crippen LogP contribution in [0.25, 0.3) is 0 Å². The van der Waals surface area contributed by atoms with E-state index >= 15 is 0 Å². The second-order valence-corrected chi connectivity index (χ2v) is 4.55. The van der Waals surface area contributed by atoms with Gasteiger partial charge in [0.05, 0.1) is 0 Å². The lowest BCUT2D eigenvalue weighted by atomic mass is 9.86. The molecule has 15 heavy (non-hydrogen) atoms. The van der Waals surface area contributed by atoms with Gasteiger partial charge in [0, 0.05) is 5.56 Å². The molecular weight excluding hydrogens is 202 g/mol. The number of alkyl halides is 2. The molecule has 0 fully saturated rings. The molecule has 1 aromatic carbocycles. The van der Waals surface area contributed by atoms with Crippen molar-refractivity contribution in [2.75, 3.05) is 0 Å². The molecule has 0 aliphatic carbocycles. The van der Waals surface area contributed by atoms with Gasteiger partial charge < -0.3 is 9.47 Å². The lowest BCUT2D eigenvalue weighted by Gasteiger charge is -2.20. The van der Waals surface area contributed by atoms with Crippen LogP contribution in [0.2, 0.25) is 0 Å². The number of benzene rings is 1. The largest absolute Gasteiger partial charge is 0.586 e. The van der Waals surface area contributed by atoms with Gasteiger partial charge in [0.15, 0.2) is 11.5 Å². The molecule has 0 aromatic heterocycles. The summed E-state index contributed by atoms with van der Waals surface area (Å²) in [5.74, 6) is 0.252. The highest BCUT2D eigenvalue weighted by Gasteiger charge is 2.45. The van der Waals surface area contributed by atoms with Crippen molar-refractivity contribution >= 4 is 0 Å². The molecule has 0 spiro atoms. The lowest BCUT2D eigenvalue weighted by molar-refractivity contribution is -0.287. The van der Waals surface area contributed by atoms with Crippen molar-refractivity contribution < 1.29 is 18.3 Å². The zero-order chi connectivity index (χ0) is 11.3. The first-order valence-electron chi connectivity index (χ1n) is 4.69. The van der Waals surface area contributed by atoms with E-state index in [1.54, 1.807) is 12.1 Å². The van der Waals surface area contributed by atoms with Crippen LogP contribution >= 0.6 is 0 Å². The van der Waals surface area contributed by atoms with Crippen molar-refractivity contribution in [1.82, 2.24) is 0 Å². The molecule has 1 heterocycles. The minimum absolute atomic E-state index is 0.104. The summed E-state index contributed by atoms with van der Waals surface area (Å²) in [4.78, 5) is 0. The fraction of sp³-hybridized carbons (Fsp3) is 0.455. The fourth-order valence-corrected chi connectivity index (χ4v) is 1.56. The van der Waals surface area contributed by atoms with E-state index in [9.17, 15) is 8.78 Å². The van der Waals surface area contributed by atoms with Gasteiger partial charge in [0.25, 0.3) is 0 Å². The lowest BCUT2D eigenvalue weighted by Crippen LogP contribution is -2.26. The molecule has 1 aliphatic rings. The molecule has 2 nitrogen and oxygen atoms in total. The molecule has 4 heteroatoms. The van der Waals surface area contributed by atoms with Crippen LogP contribution in [0.15, 0.2) is 18.2 Å². The van der Waals surface area contributed by atoms with E-state index in [0.29, 0.717) is 0 Å². The summed E-state index contributed by atoms with van der Waals surface area (Å²) in [6.07, 6.45) is -3.54. The maximum atomic E-state index is 12.9. The molecule has 0 atom stereocenters. The van der Waals surface area contributed by atoms with Crippen LogP contribution in [0.5, 0.6) is 11.5 Å². The van der Waals surface area contributed by atoms with E-state index in [4.69, 9.17) is 0 Å². The summed E-state index contributed by atoms with van der Waals surface area (Å²) in [5.41, 5.74) is 0.465. The van der Waals surface area contributed by atoms with Crippen LogP contribution in [-0.2, 0) is 5.41 Å². The molecule has 1 aromatic rings. The predicted molar refractivity (Wildman–Crippen MR) is 51.3 cm³/mol. The number of rotatable bonds is 0. The summed E-state index contributed by atoms with van der Waals surface area (Å²) < 4.78 is 34.6. The van der Waals surface area contributed by atoms with Gasteiger partial charge in [0.2, 0.25) is 0 Å². The van der Waals surface area contributed by atoms with Crippen molar-refractivity contribution in [2.24, 2.45) is 0 Å². The zero-order valence-corrected chi connectivity index (χ0v) is 8.80. The Morgan fingerprint density at radius 3 is 2.40 bits per heavy atom. The van der Waals surface area contributed by atoms with Gasteiger partial charge in [-0.1, -0.05) is 32.9 Å². The third kappa shape index (κ3) is 1.76. The molecule has 0 unspecified atom stereocenters. The van der Waals surface area contributed by atoms with E-state index in [1.165, 1.54) is 6.07 Å². The summed E-state index contributed by atoms with van der Waals surface area (Å²) in [7, 11) is 0. The van der Waals surface area contributed by atoms with Crippen molar-refractivity contribution in [3.63, 3.8) is 0 Å². The van der Waals surface area contributed by atoms with Gasteiger partial charge >= 0.3 is 6.29 Å². The van der Waals surface area contributed by atoms with Crippen LogP contribution in [0.1, 0.15) is 26.3 Å². The number of para-hydroxylation sites is 1. The highest BCUT2D eigenvalue weighted by Crippen LogP contribution is 2.46. The van der Waals surface area contributed by atoms with Gasteiger partial charge in [-0.25, -0.2) is 0 Å². The smallest absolute Gasteiger partial charge is 0.395 e. The van der Waals surface area contributed by atoms with Gasteiger partial charge in [-0.15, -0.1) is 8.78 Å². The van der Waals surface area contributed by atoms with Crippen LogP contribution in [-0.4, -0.2) is 6.29 Å². The molecule has 0 bridgehead atoms. The average Bonchev–Trinajstić information content (AvgIpc) is 2.35. The van der Waals surface area contributed by atoms with E-state index < -0.39 is 6.29 Å². The molecule has 0 N–H and O–H groups in total. The number of halogens is 2. The zero-order valence-electron chi connectivity index (χ0n) is 8.80. The molecule has 1 aliphatic heterocycles. The van der Waals surface area contributed by atoms with Gasteiger partial charge in [-0.2, -0.15) is 0 Å². The Kier molecular flexibility index (Phi) is 1.93. The number of hydrogen-bond acceptors (Lipinski definition) is 2. The summed E-state index contributed by atoms with van der Waals surface area (Å²) in [6.45, 7) is 5.80. The van der Waals surface area contributed by atoms with E-state index in [0.717, 1.165) is 5.56 Å². The normalized spacial score (nSPS) is 17.9. The third-order valence-corrected chi connectivity index (χ3v) is 2.24. The second kappa shape index (κ2) is 2.84. The molecule has 0 radical (unpaired) electrons. The highest BCUT2D eigenvalue weighted by molar-refractivity contribution is 5.51. The minimum Gasteiger partial charge on any atom is -0.395 e. The molecule has 0 amide bonds. The summed E-state index contributed by atoms with van der Waals surface area (Å²) in [5, 5.41) is 0. The fourth-order valence-electron chi connectivity index (χ4n) is 1.56. The Labute approximate surface area is 86.8 Å². The van der Waals surface area contributed by atoms with Crippen LogP contribution in [0.3, 0.4) is 0 Å². The molecule has 0 saturated carbocycles. The first kappa shape index (κ1) is 10.2. The van der Waals surface area contributed by atoms with Crippen molar-refractivity contribution in [3.05, 3.63) is 23.8 Å². The van der Waals surface area contributed by atoms with Crippen LogP contribution < -0.4 is 9.47 Å². The molecule has 82 valence electrons.